The predicted octanol–water partition coefficient (Wildman–Crippen LogP) is 5.56. The molecule has 4 aliphatic carbocycles. The second kappa shape index (κ2) is 8.09. The quantitative estimate of drug-likeness (QED) is 0.602. The molecule has 0 radical (unpaired) electrons. The van der Waals surface area contributed by atoms with Crippen molar-refractivity contribution in [1.29, 1.82) is 0 Å². The molecule has 182 valence electrons. The number of nitrogens with one attached hydrogen (secondary N) is 2. The van der Waals surface area contributed by atoms with Crippen LogP contribution in [0.1, 0.15) is 88.9 Å². The number of nitrogens with zero attached hydrogens (tertiary/aromatic N) is 2. The van der Waals surface area contributed by atoms with Crippen LogP contribution < -0.4 is 10.6 Å². The third-order valence-electron chi connectivity index (χ3n) is 8.92. The van der Waals surface area contributed by atoms with E-state index in [-0.39, 0.29) is 35.0 Å². The lowest BCUT2D eigenvalue weighted by Gasteiger charge is -2.57. The maximum Gasteiger partial charge on any atom is 0.237 e. The van der Waals surface area contributed by atoms with Gasteiger partial charge in [-0.3, -0.25) is 14.8 Å². The lowest BCUT2D eigenvalue weighted by atomic mass is 9.53. The first-order valence-corrected chi connectivity index (χ1v) is 13.4. The van der Waals surface area contributed by atoms with Gasteiger partial charge in [-0.25, -0.2) is 0 Å². The number of amides is 1. The molecule has 6 heteroatoms. The molecule has 5 aliphatic rings. The second-order valence-corrected chi connectivity index (χ2v) is 13.1. The number of halogens is 1. The summed E-state index contributed by atoms with van der Waals surface area (Å²) in [6.07, 6.45) is 10.5. The minimum atomic E-state index is -0.210. The van der Waals surface area contributed by atoms with Crippen molar-refractivity contribution in [3.05, 3.63) is 52.8 Å². The number of carbonyl (C=O) groups is 1. The van der Waals surface area contributed by atoms with Crippen molar-refractivity contribution in [2.45, 2.75) is 94.8 Å². The van der Waals surface area contributed by atoms with Crippen molar-refractivity contribution in [2.24, 2.45) is 17.8 Å². The van der Waals surface area contributed by atoms with E-state index in [0.717, 1.165) is 40.5 Å². The van der Waals surface area contributed by atoms with Crippen LogP contribution >= 0.6 is 11.6 Å². The Kier molecular flexibility index (Phi) is 5.38. The van der Waals surface area contributed by atoms with Crippen molar-refractivity contribution in [2.75, 3.05) is 0 Å². The summed E-state index contributed by atoms with van der Waals surface area (Å²) in [7, 11) is 0. The summed E-state index contributed by atoms with van der Waals surface area (Å²) in [5.74, 6) is 2.77. The third kappa shape index (κ3) is 4.09. The van der Waals surface area contributed by atoms with Crippen LogP contribution in [-0.2, 0) is 10.3 Å². The molecular weight excluding hydrogens is 444 g/mol. The Morgan fingerprint density at radius 2 is 1.65 bits per heavy atom. The van der Waals surface area contributed by atoms with Gasteiger partial charge in [0.1, 0.15) is 0 Å². The Morgan fingerprint density at radius 3 is 2.21 bits per heavy atom. The summed E-state index contributed by atoms with van der Waals surface area (Å²) in [4.78, 5) is 13.7. The first-order valence-electron chi connectivity index (χ1n) is 13.1. The van der Waals surface area contributed by atoms with Gasteiger partial charge < -0.3 is 5.32 Å². The van der Waals surface area contributed by atoms with Crippen LogP contribution in [0.4, 0.5) is 0 Å². The fourth-order valence-corrected chi connectivity index (χ4v) is 7.91. The Labute approximate surface area is 208 Å². The van der Waals surface area contributed by atoms with E-state index in [9.17, 15) is 4.79 Å². The zero-order chi connectivity index (χ0) is 23.7. The molecule has 0 spiro atoms. The second-order valence-electron chi connectivity index (χ2n) is 12.6. The van der Waals surface area contributed by atoms with E-state index >= 15 is 0 Å². The highest BCUT2D eigenvalue weighted by atomic mass is 35.5. The molecule has 3 atom stereocenters. The van der Waals surface area contributed by atoms with Gasteiger partial charge in [-0.15, -0.1) is 0 Å². The molecule has 1 aromatic carbocycles. The molecule has 34 heavy (non-hydrogen) atoms. The van der Waals surface area contributed by atoms with Crippen molar-refractivity contribution in [3.63, 3.8) is 0 Å². The molecule has 5 fully saturated rings. The van der Waals surface area contributed by atoms with E-state index in [1.165, 1.54) is 38.5 Å². The van der Waals surface area contributed by atoms with E-state index in [0.29, 0.717) is 0 Å². The molecule has 1 saturated heterocycles. The number of hydrogen-bond acceptors (Lipinski definition) is 3. The number of carbonyl (C=O) groups excluding carboxylic acids is 1. The number of benzene rings is 1. The summed E-state index contributed by atoms with van der Waals surface area (Å²) < 4.78 is 2.03. The van der Waals surface area contributed by atoms with E-state index in [2.05, 4.69) is 55.8 Å². The van der Waals surface area contributed by atoms with Crippen LogP contribution in [0.2, 0.25) is 5.02 Å². The van der Waals surface area contributed by atoms with Gasteiger partial charge in [0.05, 0.1) is 17.3 Å². The molecular formula is C28H37ClN4O. The molecule has 1 amide bonds. The van der Waals surface area contributed by atoms with E-state index in [1.807, 2.05) is 16.8 Å². The van der Waals surface area contributed by atoms with Crippen LogP contribution in [-0.4, -0.2) is 27.3 Å². The monoisotopic (exact) mass is 480 g/mol. The normalized spacial score (nSPS) is 36.7. The Morgan fingerprint density at radius 1 is 1.03 bits per heavy atom. The fourth-order valence-electron chi connectivity index (χ4n) is 7.79. The summed E-state index contributed by atoms with van der Waals surface area (Å²) in [5, 5.41) is 13.0. The van der Waals surface area contributed by atoms with E-state index in [4.69, 9.17) is 16.7 Å². The Hall–Kier alpha value is -1.85. The van der Waals surface area contributed by atoms with Gasteiger partial charge in [-0.2, -0.15) is 5.10 Å². The molecule has 2 aromatic rings. The molecule has 5 nitrogen and oxygen atoms in total. The van der Waals surface area contributed by atoms with Crippen LogP contribution in [0.3, 0.4) is 0 Å². The zero-order valence-electron chi connectivity index (χ0n) is 20.6. The SMILES string of the molecule is CC(C)(C)n1ccc(C2C[C@@H](C(=O)NC34CC5CC(CC(C5)C3)C4)N[C@H]2c2ccc(Cl)cc2)n1. The van der Waals surface area contributed by atoms with Crippen molar-refractivity contribution >= 4 is 17.5 Å². The molecule has 4 bridgehead atoms. The fraction of sp³-hybridized carbons (Fsp3) is 0.643. The number of hydrogen-bond donors (Lipinski definition) is 2. The topological polar surface area (TPSA) is 59.0 Å². The van der Waals surface area contributed by atoms with Gasteiger partial charge >= 0.3 is 0 Å². The molecule has 4 saturated carbocycles. The molecule has 1 aliphatic heterocycles. The van der Waals surface area contributed by atoms with Crippen molar-refractivity contribution < 1.29 is 4.79 Å². The molecule has 1 aromatic heterocycles. The van der Waals surface area contributed by atoms with Gasteiger partial charge in [0.15, 0.2) is 0 Å². The van der Waals surface area contributed by atoms with Gasteiger partial charge in [-0.05, 0) is 107 Å². The summed E-state index contributed by atoms with van der Waals surface area (Å²) in [5.41, 5.74) is 2.17. The lowest BCUT2D eigenvalue weighted by Crippen LogP contribution is -2.62. The predicted molar refractivity (Wildman–Crippen MR) is 135 cm³/mol. The lowest BCUT2D eigenvalue weighted by molar-refractivity contribution is -0.128. The van der Waals surface area contributed by atoms with Gasteiger partial charge in [0.2, 0.25) is 5.91 Å². The highest BCUT2D eigenvalue weighted by Gasteiger charge is 2.52. The zero-order valence-corrected chi connectivity index (χ0v) is 21.3. The van der Waals surface area contributed by atoms with Crippen molar-refractivity contribution in [1.82, 2.24) is 20.4 Å². The molecule has 2 N–H and O–H groups in total. The maximum absolute atomic E-state index is 13.7. The van der Waals surface area contributed by atoms with Gasteiger partial charge in [-0.1, -0.05) is 23.7 Å². The third-order valence-corrected chi connectivity index (χ3v) is 9.17. The minimum Gasteiger partial charge on any atom is -0.349 e. The maximum atomic E-state index is 13.7. The Bertz CT molecular complexity index is 1030. The van der Waals surface area contributed by atoms with Crippen LogP contribution in [0.25, 0.3) is 0 Å². The summed E-state index contributed by atoms with van der Waals surface area (Å²) in [6.45, 7) is 6.49. The van der Waals surface area contributed by atoms with Crippen LogP contribution in [0.15, 0.2) is 36.5 Å². The number of rotatable bonds is 4. The average molecular weight is 481 g/mol. The van der Waals surface area contributed by atoms with Crippen LogP contribution in [0.5, 0.6) is 0 Å². The number of aromatic nitrogens is 2. The highest BCUT2D eigenvalue weighted by Crippen LogP contribution is 2.55. The largest absolute Gasteiger partial charge is 0.349 e. The molecule has 2 heterocycles. The average Bonchev–Trinajstić information content (AvgIpc) is 3.40. The van der Waals surface area contributed by atoms with Gasteiger partial charge in [0.25, 0.3) is 0 Å². The molecule has 7 rings (SSSR count). The molecule has 1 unspecified atom stereocenters. The van der Waals surface area contributed by atoms with Crippen LogP contribution in [0, 0.1) is 17.8 Å². The first kappa shape index (κ1) is 22.6. The van der Waals surface area contributed by atoms with Crippen molar-refractivity contribution in [3.8, 4) is 0 Å². The smallest absolute Gasteiger partial charge is 0.237 e. The first-order chi connectivity index (χ1) is 16.2. The van der Waals surface area contributed by atoms with Gasteiger partial charge in [0, 0.05) is 28.7 Å². The summed E-state index contributed by atoms with van der Waals surface area (Å²) in [6, 6.07) is 9.98. The highest BCUT2D eigenvalue weighted by molar-refractivity contribution is 6.30. The summed E-state index contributed by atoms with van der Waals surface area (Å²) >= 11 is 6.18. The van der Waals surface area contributed by atoms with E-state index in [1.54, 1.807) is 0 Å². The van der Waals surface area contributed by atoms with E-state index < -0.39 is 0 Å². The Balaban J connectivity index is 1.25. The minimum absolute atomic E-state index is 0.0349. The standard InChI is InChI=1S/C28H37ClN4O/c1-27(2,3)33-9-8-23(32-33)22-13-24(30-25(22)20-4-6-21(29)7-5-20)26(34)31-28-14-17-10-18(15-28)12-19(11-17)16-28/h4-9,17-19,22,24-25,30H,10-16H2,1-3H3,(H,31,34)/t17?,18?,19?,22?,24-,25-,28?/m0/s1.